The Morgan fingerprint density at radius 3 is 2.38 bits per heavy atom. The maximum Gasteiger partial charge on any atom is 0.337 e. The standard InChI is InChI=1S/C25H29N3O6/c1-32-18-7-9-21(22(14-18)33-2)28-15-17(13-23(28)29)24(30)26-19-12-16(25(31)34-3)6-8-20(19)27-10-4-5-11-27/h6-9,12,14,17H,4-5,10-11,13,15H2,1-3H3,(H,26,30). The van der Waals surface area contributed by atoms with Crippen molar-refractivity contribution in [1.82, 2.24) is 0 Å². The Balaban J connectivity index is 1.55. The van der Waals surface area contributed by atoms with Crippen LogP contribution in [0.25, 0.3) is 0 Å². The SMILES string of the molecule is COC(=O)c1ccc(N2CCCC2)c(NC(=O)C2CC(=O)N(c3ccc(OC)cc3OC)C2)c1. The summed E-state index contributed by atoms with van der Waals surface area (Å²) in [7, 11) is 4.40. The van der Waals surface area contributed by atoms with Crippen molar-refractivity contribution < 1.29 is 28.6 Å². The number of carbonyl (C=O) groups excluding carboxylic acids is 3. The molecule has 2 saturated heterocycles. The largest absolute Gasteiger partial charge is 0.497 e. The summed E-state index contributed by atoms with van der Waals surface area (Å²) in [5.74, 6) is -0.348. The van der Waals surface area contributed by atoms with Gasteiger partial charge in [-0.05, 0) is 43.2 Å². The van der Waals surface area contributed by atoms with Gasteiger partial charge in [0.1, 0.15) is 11.5 Å². The molecule has 4 rings (SSSR count). The third-order valence-corrected chi connectivity index (χ3v) is 6.30. The number of anilines is 3. The van der Waals surface area contributed by atoms with Crippen LogP contribution in [0.1, 0.15) is 29.6 Å². The molecule has 2 aromatic carbocycles. The topological polar surface area (TPSA) is 97.4 Å². The van der Waals surface area contributed by atoms with Crippen LogP contribution in [0.5, 0.6) is 11.5 Å². The Morgan fingerprint density at radius 1 is 0.971 bits per heavy atom. The zero-order valence-electron chi connectivity index (χ0n) is 19.6. The van der Waals surface area contributed by atoms with Crippen LogP contribution in [0.3, 0.4) is 0 Å². The minimum absolute atomic E-state index is 0.0801. The summed E-state index contributed by atoms with van der Waals surface area (Å²) in [6.45, 7) is 1.99. The molecule has 1 N–H and O–H groups in total. The lowest BCUT2D eigenvalue weighted by atomic mass is 10.1. The van der Waals surface area contributed by atoms with E-state index in [2.05, 4.69) is 10.2 Å². The third-order valence-electron chi connectivity index (χ3n) is 6.30. The van der Waals surface area contributed by atoms with Crippen LogP contribution in [-0.2, 0) is 14.3 Å². The molecule has 2 aliphatic rings. The van der Waals surface area contributed by atoms with E-state index in [1.165, 1.54) is 14.2 Å². The van der Waals surface area contributed by atoms with Crippen LogP contribution >= 0.6 is 0 Å². The zero-order valence-corrected chi connectivity index (χ0v) is 19.6. The van der Waals surface area contributed by atoms with E-state index in [4.69, 9.17) is 14.2 Å². The molecule has 2 fully saturated rings. The van der Waals surface area contributed by atoms with Crippen molar-refractivity contribution >= 4 is 34.8 Å². The molecule has 2 aromatic rings. The maximum atomic E-state index is 13.2. The lowest BCUT2D eigenvalue weighted by molar-refractivity contribution is -0.122. The Kier molecular flexibility index (Phi) is 6.90. The van der Waals surface area contributed by atoms with Gasteiger partial charge in [-0.1, -0.05) is 0 Å². The summed E-state index contributed by atoms with van der Waals surface area (Å²) >= 11 is 0. The van der Waals surface area contributed by atoms with Crippen LogP contribution in [-0.4, -0.2) is 58.7 Å². The number of esters is 1. The predicted octanol–water partition coefficient (Wildman–Crippen LogP) is 3.08. The molecule has 2 aliphatic heterocycles. The Labute approximate surface area is 198 Å². The summed E-state index contributed by atoms with van der Waals surface area (Å²) in [6, 6.07) is 10.4. The molecule has 180 valence electrons. The third kappa shape index (κ3) is 4.64. The lowest BCUT2D eigenvalue weighted by Crippen LogP contribution is -2.29. The maximum absolute atomic E-state index is 13.2. The minimum atomic E-state index is -0.549. The van der Waals surface area contributed by atoms with Gasteiger partial charge in [-0.3, -0.25) is 9.59 Å². The van der Waals surface area contributed by atoms with E-state index >= 15 is 0 Å². The molecule has 0 radical (unpaired) electrons. The highest BCUT2D eigenvalue weighted by molar-refractivity contribution is 6.05. The Bertz CT molecular complexity index is 1100. The molecule has 1 unspecified atom stereocenters. The molecule has 0 aromatic heterocycles. The molecule has 2 heterocycles. The highest BCUT2D eigenvalue weighted by Crippen LogP contribution is 2.37. The van der Waals surface area contributed by atoms with Crippen molar-refractivity contribution in [2.75, 3.05) is 56.1 Å². The minimum Gasteiger partial charge on any atom is -0.497 e. The second kappa shape index (κ2) is 10.0. The van der Waals surface area contributed by atoms with Gasteiger partial charge in [0.25, 0.3) is 0 Å². The fourth-order valence-electron chi connectivity index (χ4n) is 4.47. The van der Waals surface area contributed by atoms with Crippen LogP contribution in [0.15, 0.2) is 36.4 Å². The average Bonchev–Trinajstić information content (AvgIpc) is 3.53. The molecule has 0 aliphatic carbocycles. The van der Waals surface area contributed by atoms with Gasteiger partial charge in [0.2, 0.25) is 11.8 Å². The first-order valence-electron chi connectivity index (χ1n) is 11.3. The van der Waals surface area contributed by atoms with Gasteiger partial charge in [0.05, 0.1) is 49.9 Å². The van der Waals surface area contributed by atoms with Gasteiger partial charge < -0.3 is 29.3 Å². The Hall–Kier alpha value is -3.75. The highest BCUT2D eigenvalue weighted by atomic mass is 16.5. The summed E-state index contributed by atoms with van der Waals surface area (Å²) in [6.07, 6.45) is 2.22. The molecule has 2 amide bonds. The van der Waals surface area contributed by atoms with Gasteiger partial charge in [0, 0.05) is 32.1 Å². The van der Waals surface area contributed by atoms with Gasteiger partial charge in [-0.15, -0.1) is 0 Å². The quantitative estimate of drug-likeness (QED) is 0.625. The average molecular weight is 468 g/mol. The van der Waals surface area contributed by atoms with E-state index < -0.39 is 11.9 Å². The van der Waals surface area contributed by atoms with E-state index in [0.717, 1.165) is 31.6 Å². The Morgan fingerprint density at radius 2 is 1.71 bits per heavy atom. The first kappa shape index (κ1) is 23.4. The van der Waals surface area contributed by atoms with Gasteiger partial charge in [-0.25, -0.2) is 4.79 Å². The molecule has 1 atom stereocenters. The van der Waals surface area contributed by atoms with Gasteiger partial charge in [-0.2, -0.15) is 0 Å². The molecule has 0 bridgehead atoms. The second-order valence-electron chi connectivity index (χ2n) is 8.35. The van der Waals surface area contributed by atoms with Crippen molar-refractivity contribution in [2.45, 2.75) is 19.3 Å². The molecule has 9 heteroatoms. The number of carbonyl (C=O) groups is 3. The number of nitrogens with one attached hydrogen (secondary N) is 1. The number of hydrogen-bond donors (Lipinski definition) is 1. The summed E-state index contributed by atoms with van der Waals surface area (Å²) in [5, 5.41) is 2.97. The van der Waals surface area contributed by atoms with Crippen molar-refractivity contribution in [2.24, 2.45) is 5.92 Å². The van der Waals surface area contributed by atoms with Gasteiger partial charge in [0.15, 0.2) is 0 Å². The first-order valence-corrected chi connectivity index (χ1v) is 11.3. The van der Waals surface area contributed by atoms with Crippen LogP contribution in [0.4, 0.5) is 17.1 Å². The smallest absolute Gasteiger partial charge is 0.337 e. The number of benzene rings is 2. The fourth-order valence-corrected chi connectivity index (χ4v) is 4.47. The first-order chi connectivity index (χ1) is 16.4. The fraction of sp³-hybridized carbons (Fsp3) is 0.400. The van der Waals surface area contributed by atoms with Crippen molar-refractivity contribution in [3.8, 4) is 11.5 Å². The van der Waals surface area contributed by atoms with Gasteiger partial charge >= 0.3 is 5.97 Å². The normalized spacial score (nSPS) is 17.6. The predicted molar refractivity (Wildman–Crippen MR) is 128 cm³/mol. The number of nitrogens with zero attached hydrogens (tertiary/aromatic N) is 2. The molecule has 9 nitrogen and oxygen atoms in total. The second-order valence-corrected chi connectivity index (χ2v) is 8.35. The van der Waals surface area contributed by atoms with Crippen LogP contribution in [0, 0.1) is 5.92 Å². The molecule has 0 saturated carbocycles. The summed E-state index contributed by atoms with van der Waals surface area (Å²) in [4.78, 5) is 41.9. The van der Waals surface area contributed by atoms with E-state index in [1.807, 2.05) is 6.07 Å². The number of ether oxygens (including phenoxy) is 3. The number of rotatable bonds is 7. The summed E-state index contributed by atoms with van der Waals surface area (Å²) in [5.41, 5.74) is 2.35. The van der Waals surface area contributed by atoms with E-state index in [9.17, 15) is 14.4 Å². The van der Waals surface area contributed by atoms with Crippen LogP contribution < -0.4 is 24.6 Å². The molecule has 0 spiro atoms. The monoisotopic (exact) mass is 467 g/mol. The van der Waals surface area contributed by atoms with Crippen LogP contribution in [0.2, 0.25) is 0 Å². The molecular formula is C25H29N3O6. The zero-order chi connectivity index (χ0) is 24.2. The van der Waals surface area contributed by atoms with Crippen molar-refractivity contribution in [1.29, 1.82) is 0 Å². The molecular weight excluding hydrogens is 438 g/mol. The van der Waals surface area contributed by atoms with Crippen molar-refractivity contribution in [3.05, 3.63) is 42.0 Å². The van der Waals surface area contributed by atoms with E-state index in [-0.39, 0.29) is 24.8 Å². The number of hydrogen-bond acceptors (Lipinski definition) is 7. The molecule has 34 heavy (non-hydrogen) atoms. The highest BCUT2D eigenvalue weighted by Gasteiger charge is 2.37. The number of methoxy groups -OCH3 is 3. The van der Waals surface area contributed by atoms with E-state index in [0.29, 0.717) is 28.4 Å². The van der Waals surface area contributed by atoms with E-state index in [1.54, 1.807) is 42.3 Å². The number of amides is 2. The van der Waals surface area contributed by atoms with Crippen molar-refractivity contribution in [3.63, 3.8) is 0 Å². The summed E-state index contributed by atoms with van der Waals surface area (Å²) < 4.78 is 15.5. The lowest BCUT2D eigenvalue weighted by Gasteiger charge is -2.23.